The summed E-state index contributed by atoms with van der Waals surface area (Å²) in [5, 5.41) is 0. The molecule has 0 fully saturated rings. The molecule has 5 heavy (non-hydrogen) atoms. The zero-order valence-corrected chi connectivity index (χ0v) is 4.78. The van der Waals surface area contributed by atoms with Crippen molar-refractivity contribution < 1.29 is 0 Å². The van der Waals surface area contributed by atoms with Gasteiger partial charge in [-0.05, 0) is 12.3 Å². The highest BCUT2D eigenvalue weighted by molar-refractivity contribution is 7.40. The largest absolute Gasteiger partial charge is 0.119 e. The maximum atomic E-state index is 3.71. The predicted molar refractivity (Wildman–Crippen MR) is 28.8 cm³/mol. The molecule has 0 nitrogen and oxygen atoms in total. The molecule has 0 aliphatic carbocycles. The molecular formula is C4H10P. The van der Waals surface area contributed by atoms with E-state index in [0.29, 0.717) is 0 Å². The second-order valence-electron chi connectivity index (χ2n) is 1.36. The van der Waals surface area contributed by atoms with E-state index in [2.05, 4.69) is 20.5 Å². The van der Waals surface area contributed by atoms with Gasteiger partial charge in [0.25, 0.3) is 0 Å². The third-order valence-corrected chi connectivity index (χ3v) is 1.22. The molecular weight excluding hydrogens is 79.0 g/mol. The minimum Gasteiger partial charge on any atom is -0.119 e. The van der Waals surface area contributed by atoms with Gasteiger partial charge in [-0.15, -0.1) is 8.58 Å². The molecule has 1 radical (unpaired) electrons. The third-order valence-electron chi connectivity index (χ3n) is 0.408. The summed E-state index contributed by atoms with van der Waals surface area (Å²) in [7, 11) is 0.864. The zero-order valence-electron chi connectivity index (χ0n) is 3.78. The molecule has 31 valence electrons. The maximum Gasteiger partial charge on any atom is -0.0293 e. The molecule has 0 aliphatic heterocycles. The van der Waals surface area contributed by atoms with Gasteiger partial charge in [0.2, 0.25) is 0 Å². The average Bonchev–Trinajstić information content (AvgIpc) is 1.38. The van der Waals surface area contributed by atoms with Gasteiger partial charge in [-0.1, -0.05) is 13.8 Å². The standard InChI is InChI=1S/C4H10P/c1-4(2)5-3/h4-5H,3H2,1-2H3. The smallest absolute Gasteiger partial charge is 0.0293 e. The van der Waals surface area contributed by atoms with Crippen LogP contribution in [0, 0.1) is 6.66 Å². The van der Waals surface area contributed by atoms with Gasteiger partial charge in [0.05, 0.1) is 0 Å². The topological polar surface area (TPSA) is 0 Å². The van der Waals surface area contributed by atoms with E-state index < -0.39 is 0 Å². The third kappa shape index (κ3) is 4.43. The molecule has 0 saturated carbocycles. The number of hydrogen-bond donors (Lipinski definition) is 0. The van der Waals surface area contributed by atoms with Crippen LogP contribution in [-0.2, 0) is 0 Å². The molecule has 0 N–H and O–H groups in total. The number of rotatable bonds is 1. The van der Waals surface area contributed by atoms with E-state index in [9.17, 15) is 0 Å². The highest BCUT2D eigenvalue weighted by Gasteiger charge is 1.79. The summed E-state index contributed by atoms with van der Waals surface area (Å²) in [5.41, 5.74) is 0.801. The quantitative estimate of drug-likeness (QED) is 0.430. The van der Waals surface area contributed by atoms with Crippen LogP contribution >= 0.6 is 8.58 Å². The highest BCUT2D eigenvalue weighted by atomic mass is 31.1. The van der Waals surface area contributed by atoms with Crippen molar-refractivity contribution in [2.24, 2.45) is 0 Å². The summed E-state index contributed by atoms with van der Waals surface area (Å²) >= 11 is 0. The van der Waals surface area contributed by atoms with Crippen molar-refractivity contribution in [3.05, 3.63) is 6.66 Å². The van der Waals surface area contributed by atoms with Crippen LogP contribution in [0.15, 0.2) is 0 Å². The fourth-order valence-electron chi connectivity index (χ4n) is 0. The van der Waals surface area contributed by atoms with Gasteiger partial charge in [0.15, 0.2) is 0 Å². The molecule has 0 bridgehead atoms. The Morgan fingerprint density at radius 3 is 1.80 bits per heavy atom. The minimum absolute atomic E-state index is 0.801. The van der Waals surface area contributed by atoms with E-state index in [0.717, 1.165) is 14.2 Å². The zero-order chi connectivity index (χ0) is 4.28. The molecule has 0 heterocycles. The fourth-order valence-corrected chi connectivity index (χ4v) is 0. The van der Waals surface area contributed by atoms with Gasteiger partial charge in [-0.3, -0.25) is 0 Å². The average molecular weight is 89.1 g/mol. The summed E-state index contributed by atoms with van der Waals surface area (Å²) in [6, 6.07) is 0. The minimum atomic E-state index is 0.801. The van der Waals surface area contributed by atoms with Gasteiger partial charge in [0.1, 0.15) is 0 Å². The molecule has 0 saturated heterocycles. The lowest BCUT2D eigenvalue weighted by Crippen LogP contribution is -1.75. The van der Waals surface area contributed by atoms with Gasteiger partial charge < -0.3 is 0 Å². The lowest BCUT2D eigenvalue weighted by Gasteiger charge is -1.91. The summed E-state index contributed by atoms with van der Waals surface area (Å²) in [6.07, 6.45) is 0. The first-order valence-corrected chi connectivity index (χ1v) is 3.08. The fraction of sp³-hybridized carbons (Fsp3) is 0.750. The maximum absolute atomic E-state index is 3.71. The summed E-state index contributed by atoms with van der Waals surface area (Å²) in [6.45, 7) is 8.06. The molecule has 1 atom stereocenters. The summed E-state index contributed by atoms with van der Waals surface area (Å²) in [5.74, 6) is 0. The molecule has 0 rings (SSSR count). The SMILES string of the molecule is [CH2]PC(C)C. The molecule has 0 aromatic heterocycles. The van der Waals surface area contributed by atoms with Crippen LogP contribution in [0.3, 0.4) is 0 Å². The highest BCUT2D eigenvalue weighted by Crippen LogP contribution is 2.12. The number of hydrogen-bond acceptors (Lipinski definition) is 0. The van der Waals surface area contributed by atoms with Crippen molar-refractivity contribution in [1.82, 2.24) is 0 Å². The van der Waals surface area contributed by atoms with Crippen LogP contribution in [0.25, 0.3) is 0 Å². The van der Waals surface area contributed by atoms with Gasteiger partial charge >= 0.3 is 0 Å². The second-order valence-corrected chi connectivity index (χ2v) is 2.92. The Morgan fingerprint density at radius 1 is 1.60 bits per heavy atom. The van der Waals surface area contributed by atoms with Crippen LogP contribution in [0.5, 0.6) is 0 Å². The Bertz CT molecular complexity index is 17.6. The van der Waals surface area contributed by atoms with E-state index in [4.69, 9.17) is 0 Å². The first-order chi connectivity index (χ1) is 2.27. The lowest BCUT2D eigenvalue weighted by molar-refractivity contribution is 1.11. The first kappa shape index (κ1) is 5.43. The van der Waals surface area contributed by atoms with Crippen molar-refractivity contribution in [2.75, 3.05) is 0 Å². The molecule has 0 aromatic rings. The second kappa shape index (κ2) is 2.66. The van der Waals surface area contributed by atoms with Crippen LogP contribution in [0.2, 0.25) is 0 Å². The van der Waals surface area contributed by atoms with Gasteiger partial charge in [-0.2, -0.15) is 0 Å². The monoisotopic (exact) mass is 89.1 g/mol. The Kier molecular flexibility index (Phi) is 2.88. The van der Waals surface area contributed by atoms with Crippen LogP contribution in [0.4, 0.5) is 0 Å². The van der Waals surface area contributed by atoms with Crippen LogP contribution < -0.4 is 0 Å². The van der Waals surface area contributed by atoms with Crippen molar-refractivity contribution >= 4 is 8.58 Å². The van der Waals surface area contributed by atoms with Crippen molar-refractivity contribution in [3.63, 3.8) is 0 Å². The Labute approximate surface area is 35.7 Å². The molecule has 1 unspecified atom stereocenters. The Balaban J connectivity index is 2.54. The Morgan fingerprint density at radius 2 is 1.80 bits per heavy atom. The van der Waals surface area contributed by atoms with Crippen LogP contribution in [0.1, 0.15) is 13.8 Å². The van der Waals surface area contributed by atoms with Crippen molar-refractivity contribution in [1.29, 1.82) is 0 Å². The van der Waals surface area contributed by atoms with E-state index in [1.54, 1.807) is 0 Å². The van der Waals surface area contributed by atoms with E-state index in [-0.39, 0.29) is 0 Å². The van der Waals surface area contributed by atoms with Crippen LogP contribution in [-0.4, -0.2) is 5.66 Å². The van der Waals surface area contributed by atoms with E-state index in [1.165, 1.54) is 0 Å². The van der Waals surface area contributed by atoms with E-state index >= 15 is 0 Å². The molecule has 1 heteroatoms. The summed E-state index contributed by atoms with van der Waals surface area (Å²) in [4.78, 5) is 0. The van der Waals surface area contributed by atoms with E-state index in [1.807, 2.05) is 0 Å². The molecule has 0 aromatic carbocycles. The van der Waals surface area contributed by atoms with Gasteiger partial charge in [-0.25, -0.2) is 0 Å². The van der Waals surface area contributed by atoms with Gasteiger partial charge in [0, 0.05) is 0 Å². The normalized spacial score (nSPS) is 12.0. The van der Waals surface area contributed by atoms with Crippen molar-refractivity contribution in [2.45, 2.75) is 19.5 Å². The lowest BCUT2D eigenvalue weighted by atomic mass is 10.6. The molecule has 0 spiro atoms. The summed E-state index contributed by atoms with van der Waals surface area (Å²) < 4.78 is 0. The van der Waals surface area contributed by atoms with Crippen molar-refractivity contribution in [3.8, 4) is 0 Å². The molecule has 0 aliphatic rings. The molecule has 0 amide bonds. The predicted octanol–water partition coefficient (Wildman–Crippen LogP) is 1.86. The first-order valence-electron chi connectivity index (χ1n) is 1.80. The Hall–Kier alpha value is 0.430.